The molecule has 0 amide bonds. The maximum Gasteiger partial charge on any atom is 0.125 e. The van der Waals surface area contributed by atoms with Crippen LogP contribution in [0.1, 0.15) is 0 Å². The van der Waals surface area contributed by atoms with Crippen molar-refractivity contribution in [3.63, 3.8) is 0 Å². The molecule has 0 atom stereocenters. The standard InChI is InChI=1S/C9H8Cl2O2/c10-5-7(11)6-13-9-3-1-8(12)2-4-9/h1-5,12H,6H2. The SMILES string of the molecule is Oc1ccc(OCC(Cl)=CCl)cc1. The van der Waals surface area contributed by atoms with Crippen LogP contribution in [0.15, 0.2) is 34.8 Å². The number of hydrogen-bond acceptors (Lipinski definition) is 2. The highest BCUT2D eigenvalue weighted by Crippen LogP contribution is 2.17. The molecule has 0 radical (unpaired) electrons. The number of benzene rings is 1. The van der Waals surface area contributed by atoms with Crippen LogP contribution < -0.4 is 4.74 Å². The first-order chi connectivity index (χ1) is 6.22. The van der Waals surface area contributed by atoms with Crippen LogP contribution in [0.2, 0.25) is 0 Å². The maximum atomic E-state index is 8.97. The lowest BCUT2D eigenvalue weighted by atomic mass is 10.3. The van der Waals surface area contributed by atoms with Crippen molar-refractivity contribution in [3.8, 4) is 11.5 Å². The Morgan fingerprint density at radius 3 is 2.54 bits per heavy atom. The van der Waals surface area contributed by atoms with E-state index in [4.69, 9.17) is 33.0 Å². The molecule has 0 bridgehead atoms. The smallest absolute Gasteiger partial charge is 0.125 e. The summed E-state index contributed by atoms with van der Waals surface area (Å²) in [7, 11) is 0. The first-order valence-corrected chi connectivity index (χ1v) is 4.40. The van der Waals surface area contributed by atoms with Crippen LogP contribution in [-0.2, 0) is 0 Å². The summed E-state index contributed by atoms with van der Waals surface area (Å²) in [5, 5.41) is 9.39. The van der Waals surface area contributed by atoms with Gasteiger partial charge < -0.3 is 9.84 Å². The first kappa shape index (κ1) is 10.2. The van der Waals surface area contributed by atoms with E-state index in [1.165, 1.54) is 17.7 Å². The van der Waals surface area contributed by atoms with Gasteiger partial charge in [-0.3, -0.25) is 0 Å². The van der Waals surface area contributed by atoms with E-state index in [-0.39, 0.29) is 12.4 Å². The van der Waals surface area contributed by atoms with E-state index < -0.39 is 0 Å². The molecule has 0 heterocycles. The summed E-state index contributed by atoms with van der Waals surface area (Å²) < 4.78 is 5.22. The highest BCUT2D eigenvalue weighted by Gasteiger charge is 1.95. The molecule has 1 aromatic rings. The van der Waals surface area contributed by atoms with Crippen LogP contribution in [0, 0.1) is 0 Å². The van der Waals surface area contributed by atoms with Crippen LogP contribution >= 0.6 is 23.2 Å². The number of hydrogen-bond donors (Lipinski definition) is 1. The number of ether oxygens (including phenoxy) is 1. The molecule has 2 nitrogen and oxygen atoms in total. The third kappa shape index (κ3) is 3.57. The Hall–Kier alpha value is -0.860. The quantitative estimate of drug-likeness (QED) is 0.846. The van der Waals surface area contributed by atoms with Crippen LogP contribution in [0.5, 0.6) is 11.5 Å². The average Bonchev–Trinajstić information content (AvgIpc) is 2.16. The summed E-state index contributed by atoms with van der Waals surface area (Å²) in [5.74, 6) is 0.834. The minimum absolute atomic E-state index is 0.200. The molecule has 0 unspecified atom stereocenters. The van der Waals surface area contributed by atoms with Crippen molar-refractivity contribution in [1.29, 1.82) is 0 Å². The molecule has 0 aliphatic carbocycles. The van der Waals surface area contributed by atoms with Gasteiger partial charge in [0, 0.05) is 5.54 Å². The Kier molecular flexibility index (Phi) is 3.93. The molecule has 0 aliphatic heterocycles. The fourth-order valence-electron chi connectivity index (χ4n) is 0.726. The Bertz CT molecular complexity index is 293. The molecule has 1 rings (SSSR count). The zero-order valence-electron chi connectivity index (χ0n) is 6.71. The van der Waals surface area contributed by atoms with Gasteiger partial charge in [-0.05, 0) is 24.3 Å². The normalized spacial score (nSPS) is 11.4. The van der Waals surface area contributed by atoms with Crippen molar-refractivity contribution in [3.05, 3.63) is 34.8 Å². The van der Waals surface area contributed by atoms with Gasteiger partial charge in [-0.15, -0.1) is 0 Å². The lowest BCUT2D eigenvalue weighted by Gasteiger charge is -2.03. The molecular weight excluding hydrogens is 211 g/mol. The second kappa shape index (κ2) is 5.00. The predicted molar refractivity (Wildman–Crippen MR) is 53.4 cm³/mol. The minimum atomic E-state index is 0.200. The van der Waals surface area contributed by atoms with Crippen LogP contribution in [0.25, 0.3) is 0 Å². The van der Waals surface area contributed by atoms with Gasteiger partial charge in [0.05, 0.1) is 5.03 Å². The molecule has 13 heavy (non-hydrogen) atoms. The third-order valence-corrected chi connectivity index (χ3v) is 1.93. The molecular formula is C9H8Cl2O2. The third-order valence-electron chi connectivity index (χ3n) is 1.33. The summed E-state index contributed by atoms with van der Waals surface area (Å²) in [4.78, 5) is 0. The molecule has 1 aromatic carbocycles. The molecule has 0 aliphatic rings. The number of phenolic OH excluding ortho intramolecular Hbond substituents is 1. The Labute approximate surface area is 86.4 Å². The number of phenols is 1. The largest absolute Gasteiger partial charge is 0.508 e. The molecule has 1 N–H and O–H groups in total. The summed E-state index contributed by atoms with van der Waals surface area (Å²) in [6, 6.07) is 6.36. The van der Waals surface area contributed by atoms with Crippen molar-refractivity contribution in [2.75, 3.05) is 6.61 Å². The molecule has 70 valence electrons. The molecule has 0 aromatic heterocycles. The fourth-order valence-corrected chi connectivity index (χ4v) is 0.844. The zero-order valence-corrected chi connectivity index (χ0v) is 8.22. The van der Waals surface area contributed by atoms with Crippen molar-refractivity contribution >= 4 is 23.2 Å². The van der Waals surface area contributed by atoms with E-state index in [0.717, 1.165) is 0 Å². The van der Waals surface area contributed by atoms with Gasteiger partial charge in [0.25, 0.3) is 0 Å². The van der Waals surface area contributed by atoms with Crippen molar-refractivity contribution in [1.82, 2.24) is 0 Å². The second-order valence-electron chi connectivity index (χ2n) is 2.34. The van der Waals surface area contributed by atoms with Crippen LogP contribution in [0.3, 0.4) is 0 Å². The van der Waals surface area contributed by atoms with Crippen LogP contribution in [-0.4, -0.2) is 11.7 Å². The second-order valence-corrected chi connectivity index (χ2v) is 3.04. The van der Waals surface area contributed by atoms with Gasteiger partial charge in [-0.1, -0.05) is 23.2 Å². The van der Waals surface area contributed by atoms with Crippen LogP contribution in [0.4, 0.5) is 0 Å². The topological polar surface area (TPSA) is 29.5 Å². The predicted octanol–water partition coefficient (Wildman–Crippen LogP) is 3.09. The minimum Gasteiger partial charge on any atom is -0.508 e. The van der Waals surface area contributed by atoms with Gasteiger partial charge in [0.1, 0.15) is 18.1 Å². The highest BCUT2D eigenvalue weighted by atomic mass is 35.5. The summed E-state index contributed by atoms with van der Waals surface area (Å²) in [6.45, 7) is 0.232. The Balaban J connectivity index is 2.51. The van der Waals surface area contributed by atoms with E-state index in [1.54, 1.807) is 12.1 Å². The van der Waals surface area contributed by atoms with Crippen molar-refractivity contribution in [2.24, 2.45) is 0 Å². The van der Waals surface area contributed by atoms with E-state index in [1.807, 2.05) is 0 Å². The molecule has 4 heteroatoms. The number of aromatic hydroxyl groups is 1. The molecule has 0 spiro atoms. The lowest BCUT2D eigenvalue weighted by molar-refractivity contribution is 0.358. The van der Waals surface area contributed by atoms with Crippen molar-refractivity contribution < 1.29 is 9.84 Å². The summed E-state index contributed by atoms with van der Waals surface area (Å²) in [5.41, 5.74) is 1.25. The van der Waals surface area contributed by atoms with Gasteiger partial charge >= 0.3 is 0 Å². The first-order valence-electron chi connectivity index (χ1n) is 3.59. The molecule has 0 fully saturated rings. The van der Waals surface area contributed by atoms with Gasteiger partial charge in [0.15, 0.2) is 0 Å². The van der Waals surface area contributed by atoms with E-state index in [2.05, 4.69) is 0 Å². The fraction of sp³-hybridized carbons (Fsp3) is 0.111. The monoisotopic (exact) mass is 218 g/mol. The average molecular weight is 219 g/mol. The Morgan fingerprint density at radius 1 is 1.38 bits per heavy atom. The number of rotatable bonds is 3. The van der Waals surface area contributed by atoms with E-state index in [9.17, 15) is 0 Å². The van der Waals surface area contributed by atoms with Gasteiger partial charge in [0.2, 0.25) is 0 Å². The maximum absolute atomic E-state index is 8.97. The summed E-state index contributed by atoms with van der Waals surface area (Å²) >= 11 is 10.9. The van der Waals surface area contributed by atoms with E-state index in [0.29, 0.717) is 10.8 Å². The highest BCUT2D eigenvalue weighted by molar-refractivity contribution is 6.36. The summed E-state index contributed by atoms with van der Waals surface area (Å²) in [6.07, 6.45) is 0. The van der Waals surface area contributed by atoms with Gasteiger partial charge in [-0.25, -0.2) is 0 Å². The zero-order chi connectivity index (χ0) is 9.68. The van der Waals surface area contributed by atoms with E-state index >= 15 is 0 Å². The number of halogens is 2. The lowest BCUT2D eigenvalue weighted by Crippen LogP contribution is -1.95. The van der Waals surface area contributed by atoms with Gasteiger partial charge in [-0.2, -0.15) is 0 Å². The molecule has 0 saturated carbocycles. The Morgan fingerprint density at radius 2 is 2.00 bits per heavy atom. The molecule has 0 saturated heterocycles. The van der Waals surface area contributed by atoms with Crippen molar-refractivity contribution in [2.45, 2.75) is 0 Å².